The van der Waals surface area contributed by atoms with Crippen molar-refractivity contribution in [1.82, 2.24) is 4.90 Å². The fourth-order valence-corrected chi connectivity index (χ4v) is 3.78. The number of benzene rings is 2. The SMILES string of the molecule is CN(Cc1ccc(C(=O)Nc2ccc3c(c2)CC(=O)N3)cc1)C[C@@H]1CCCO1. The highest BCUT2D eigenvalue weighted by Crippen LogP contribution is 2.26. The number of nitrogens with zero attached hydrogens (tertiary/aromatic N) is 1. The fourth-order valence-electron chi connectivity index (χ4n) is 3.78. The number of fused-ring (bicyclic) bond motifs is 1. The van der Waals surface area contributed by atoms with Crippen LogP contribution in [0, 0.1) is 0 Å². The molecule has 0 spiro atoms. The summed E-state index contributed by atoms with van der Waals surface area (Å²) in [4.78, 5) is 26.2. The molecule has 2 aromatic rings. The van der Waals surface area contributed by atoms with Gasteiger partial charge in [-0.2, -0.15) is 0 Å². The van der Waals surface area contributed by atoms with Crippen molar-refractivity contribution >= 4 is 23.2 Å². The minimum atomic E-state index is -0.156. The Hall–Kier alpha value is -2.70. The highest BCUT2D eigenvalue weighted by molar-refractivity contribution is 6.05. The second-order valence-electron chi connectivity index (χ2n) is 7.58. The molecule has 0 bridgehead atoms. The van der Waals surface area contributed by atoms with Gasteiger partial charge in [0.1, 0.15) is 0 Å². The molecule has 6 heteroatoms. The van der Waals surface area contributed by atoms with Crippen LogP contribution in [-0.4, -0.2) is 43.0 Å². The van der Waals surface area contributed by atoms with Gasteiger partial charge in [0.15, 0.2) is 0 Å². The van der Waals surface area contributed by atoms with Crippen molar-refractivity contribution in [2.45, 2.75) is 31.9 Å². The first-order valence-corrected chi connectivity index (χ1v) is 9.70. The number of amides is 2. The van der Waals surface area contributed by atoms with Crippen LogP contribution in [0.1, 0.15) is 34.3 Å². The van der Waals surface area contributed by atoms with Gasteiger partial charge in [-0.05, 0) is 61.3 Å². The molecule has 1 atom stereocenters. The maximum Gasteiger partial charge on any atom is 0.255 e. The third kappa shape index (κ3) is 4.40. The minimum Gasteiger partial charge on any atom is -0.377 e. The molecule has 0 unspecified atom stereocenters. The summed E-state index contributed by atoms with van der Waals surface area (Å²) >= 11 is 0. The summed E-state index contributed by atoms with van der Waals surface area (Å²) in [5.74, 6) is -0.171. The molecule has 1 fully saturated rings. The van der Waals surface area contributed by atoms with Crippen LogP contribution in [0.15, 0.2) is 42.5 Å². The highest BCUT2D eigenvalue weighted by Gasteiger charge is 2.19. The van der Waals surface area contributed by atoms with E-state index in [1.54, 1.807) is 6.07 Å². The summed E-state index contributed by atoms with van der Waals surface area (Å²) in [5, 5.41) is 5.70. The van der Waals surface area contributed by atoms with Gasteiger partial charge in [-0.15, -0.1) is 0 Å². The number of anilines is 2. The number of rotatable bonds is 6. The number of nitrogens with one attached hydrogen (secondary N) is 2. The van der Waals surface area contributed by atoms with Crippen molar-refractivity contribution in [2.24, 2.45) is 0 Å². The Morgan fingerprint density at radius 3 is 2.82 bits per heavy atom. The molecular weight excluding hydrogens is 354 g/mol. The molecule has 0 aliphatic carbocycles. The Kier molecular flexibility index (Phi) is 5.41. The van der Waals surface area contributed by atoms with Gasteiger partial charge in [0.2, 0.25) is 5.91 Å². The maximum absolute atomic E-state index is 12.5. The predicted molar refractivity (Wildman–Crippen MR) is 108 cm³/mol. The lowest BCUT2D eigenvalue weighted by molar-refractivity contribution is -0.115. The lowest BCUT2D eigenvalue weighted by atomic mass is 10.1. The van der Waals surface area contributed by atoms with Crippen LogP contribution in [-0.2, 0) is 22.5 Å². The van der Waals surface area contributed by atoms with Crippen LogP contribution in [0.2, 0.25) is 0 Å². The Balaban J connectivity index is 1.33. The van der Waals surface area contributed by atoms with E-state index < -0.39 is 0 Å². The van der Waals surface area contributed by atoms with E-state index in [0.29, 0.717) is 23.8 Å². The van der Waals surface area contributed by atoms with Gasteiger partial charge in [0.25, 0.3) is 5.91 Å². The number of hydrogen-bond acceptors (Lipinski definition) is 4. The summed E-state index contributed by atoms with van der Waals surface area (Å²) in [6, 6.07) is 13.2. The maximum atomic E-state index is 12.5. The normalized spacial score (nSPS) is 18.2. The first kappa shape index (κ1) is 18.7. The van der Waals surface area contributed by atoms with Crippen molar-refractivity contribution in [3.05, 3.63) is 59.2 Å². The number of likely N-dealkylation sites (N-methyl/N-ethyl adjacent to an activating group) is 1. The topological polar surface area (TPSA) is 70.7 Å². The second kappa shape index (κ2) is 8.12. The molecular formula is C22H25N3O3. The lowest BCUT2D eigenvalue weighted by Crippen LogP contribution is -2.28. The van der Waals surface area contributed by atoms with Gasteiger partial charge >= 0.3 is 0 Å². The van der Waals surface area contributed by atoms with Crippen LogP contribution in [0.4, 0.5) is 11.4 Å². The number of carbonyl (C=O) groups excluding carboxylic acids is 2. The molecule has 4 rings (SSSR count). The number of ether oxygens (including phenoxy) is 1. The zero-order valence-electron chi connectivity index (χ0n) is 16.0. The summed E-state index contributed by atoms with van der Waals surface area (Å²) in [5.41, 5.74) is 4.20. The molecule has 2 aliphatic heterocycles. The Labute approximate surface area is 164 Å². The van der Waals surface area contributed by atoms with Gasteiger partial charge < -0.3 is 15.4 Å². The van der Waals surface area contributed by atoms with Crippen LogP contribution in [0.25, 0.3) is 0 Å². The summed E-state index contributed by atoms with van der Waals surface area (Å²) < 4.78 is 5.68. The van der Waals surface area contributed by atoms with Crippen molar-refractivity contribution in [3.8, 4) is 0 Å². The third-order valence-corrected chi connectivity index (χ3v) is 5.20. The van der Waals surface area contributed by atoms with Crippen molar-refractivity contribution in [1.29, 1.82) is 0 Å². The molecule has 2 amide bonds. The van der Waals surface area contributed by atoms with E-state index in [4.69, 9.17) is 4.74 Å². The van der Waals surface area contributed by atoms with Gasteiger partial charge in [-0.25, -0.2) is 0 Å². The summed E-state index contributed by atoms with van der Waals surface area (Å²) in [6.45, 7) is 2.63. The first-order chi connectivity index (χ1) is 13.6. The van der Waals surface area contributed by atoms with Gasteiger partial charge in [0, 0.05) is 36.6 Å². The lowest BCUT2D eigenvalue weighted by Gasteiger charge is -2.20. The van der Waals surface area contributed by atoms with Crippen molar-refractivity contribution in [3.63, 3.8) is 0 Å². The fraction of sp³-hybridized carbons (Fsp3) is 0.364. The Morgan fingerprint density at radius 1 is 1.25 bits per heavy atom. The van der Waals surface area contributed by atoms with E-state index in [9.17, 15) is 9.59 Å². The summed E-state index contributed by atoms with van der Waals surface area (Å²) in [7, 11) is 2.09. The molecule has 2 N–H and O–H groups in total. The number of hydrogen-bond donors (Lipinski definition) is 2. The standard InChI is InChI=1S/C22H25N3O3/c1-25(14-19-3-2-10-28-19)13-15-4-6-16(7-5-15)22(27)23-18-8-9-20-17(11-18)12-21(26)24-20/h4-9,11,19H,2-3,10,12-14H2,1H3,(H,23,27)(H,24,26)/t19-/m0/s1. The smallest absolute Gasteiger partial charge is 0.255 e. The van der Waals surface area contributed by atoms with E-state index in [1.165, 1.54) is 5.56 Å². The average Bonchev–Trinajstić information content (AvgIpc) is 3.30. The average molecular weight is 379 g/mol. The molecule has 146 valence electrons. The van der Waals surface area contributed by atoms with E-state index >= 15 is 0 Å². The van der Waals surface area contributed by atoms with Gasteiger partial charge in [0.05, 0.1) is 12.5 Å². The molecule has 2 heterocycles. The van der Waals surface area contributed by atoms with Crippen molar-refractivity contribution < 1.29 is 14.3 Å². The van der Waals surface area contributed by atoms with E-state index in [1.807, 2.05) is 36.4 Å². The van der Waals surface area contributed by atoms with Crippen molar-refractivity contribution in [2.75, 3.05) is 30.8 Å². The molecule has 0 saturated carbocycles. The zero-order valence-corrected chi connectivity index (χ0v) is 16.0. The molecule has 6 nitrogen and oxygen atoms in total. The number of carbonyl (C=O) groups is 2. The predicted octanol–water partition coefficient (Wildman–Crippen LogP) is 3.04. The Bertz CT molecular complexity index is 873. The minimum absolute atomic E-state index is 0.0153. The molecule has 0 aromatic heterocycles. The monoisotopic (exact) mass is 379 g/mol. The molecule has 2 aromatic carbocycles. The quantitative estimate of drug-likeness (QED) is 0.809. The molecule has 28 heavy (non-hydrogen) atoms. The van der Waals surface area contributed by atoms with E-state index in [0.717, 1.165) is 43.8 Å². The third-order valence-electron chi connectivity index (χ3n) is 5.20. The van der Waals surface area contributed by atoms with E-state index in [2.05, 4.69) is 22.6 Å². The van der Waals surface area contributed by atoms with E-state index in [-0.39, 0.29) is 11.8 Å². The van der Waals surface area contributed by atoms with Crippen LogP contribution in [0.5, 0.6) is 0 Å². The highest BCUT2D eigenvalue weighted by atomic mass is 16.5. The van der Waals surface area contributed by atoms with Crippen LogP contribution < -0.4 is 10.6 Å². The largest absolute Gasteiger partial charge is 0.377 e. The Morgan fingerprint density at radius 2 is 2.07 bits per heavy atom. The molecule has 0 radical (unpaired) electrons. The van der Waals surface area contributed by atoms with Gasteiger partial charge in [-0.1, -0.05) is 12.1 Å². The van der Waals surface area contributed by atoms with Gasteiger partial charge in [-0.3, -0.25) is 14.5 Å². The van der Waals surface area contributed by atoms with Crippen LogP contribution in [0.3, 0.4) is 0 Å². The molecule has 2 aliphatic rings. The summed E-state index contributed by atoms with van der Waals surface area (Å²) in [6.07, 6.45) is 2.98. The first-order valence-electron chi connectivity index (χ1n) is 9.70. The zero-order chi connectivity index (χ0) is 19.5. The second-order valence-corrected chi connectivity index (χ2v) is 7.58. The van der Waals surface area contributed by atoms with Crippen LogP contribution >= 0.6 is 0 Å². The molecule has 1 saturated heterocycles.